The molecule has 0 aliphatic carbocycles. The van der Waals surface area contributed by atoms with Crippen molar-refractivity contribution in [2.45, 2.75) is 39.2 Å². The number of aliphatic hydroxyl groups is 1. The van der Waals surface area contributed by atoms with Crippen molar-refractivity contribution in [2.75, 3.05) is 13.2 Å². The SMILES string of the molecule is CC(C)(C)c1cnc(COc2ccc(CC(=O)NCCO)cc2)o1. The fourth-order valence-electron chi connectivity index (χ4n) is 2.02. The van der Waals surface area contributed by atoms with E-state index >= 15 is 0 Å². The molecule has 130 valence electrons. The van der Waals surface area contributed by atoms with E-state index in [1.54, 1.807) is 6.20 Å². The average Bonchev–Trinajstić information content (AvgIpc) is 3.01. The standard InChI is InChI=1S/C18H24N2O4/c1-18(2,3)15-11-20-17(24-15)12-23-14-6-4-13(5-7-14)10-16(22)19-8-9-21/h4-7,11,21H,8-10,12H2,1-3H3,(H,19,22). The number of benzene rings is 1. The van der Waals surface area contributed by atoms with E-state index < -0.39 is 0 Å². The van der Waals surface area contributed by atoms with Gasteiger partial charge in [-0.15, -0.1) is 0 Å². The van der Waals surface area contributed by atoms with Crippen LogP contribution in [0.3, 0.4) is 0 Å². The van der Waals surface area contributed by atoms with E-state index in [0.717, 1.165) is 11.3 Å². The van der Waals surface area contributed by atoms with Crippen molar-refractivity contribution in [1.29, 1.82) is 0 Å². The number of oxazole rings is 1. The maximum absolute atomic E-state index is 11.6. The summed E-state index contributed by atoms with van der Waals surface area (Å²) in [7, 11) is 0. The van der Waals surface area contributed by atoms with Crippen LogP contribution in [0.5, 0.6) is 5.75 Å². The molecule has 1 aromatic heterocycles. The second kappa shape index (κ2) is 7.97. The van der Waals surface area contributed by atoms with Crippen LogP contribution < -0.4 is 10.1 Å². The van der Waals surface area contributed by atoms with E-state index in [-0.39, 0.29) is 37.5 Å². The van der Waals surface area contributed by atoms with Crippen molar-refractivity contribution in [2.24, 2.45) is 0 Å². The molecule has 2 N–H and O–H groups in total. The third-order valence-corrected chi connectivity index (χ3v) is 3.38. The number of amides is 1. The van der Waals surface area contributed by atoms with E-state index in [2.05, 4.69) is 31.1 Å². The van der Waals surface area contributed by atoms with Crippen molar-refractivity contribution >= 4 is 5.91 Å². The van der Waals surface area contributed by atoms with Gasteiger partial charge in [0, 0.05) is 12.0 Å². The third kappa shape index (κ3) is 5.38. The highest BCUT2D eigenvalue weighted by molar-refractivity contribution is 5.78. The minimum absolute atomic E-state index is 0.0593. The first-order valence-electron chi connectivity index (χ1n) is 7.93. The molecule has 2 rings (SSSR count). The van der Waals surface area contributed by atoms with Crippen molar-refractivity contribution in [3.05, 3.63) is 47.7 Å². The molecule has 1 amide bonds. The summed E-state index contributed by atoms with van der Waals surface area (Å²) in [4.78, 5) is 15.8. The number of carbonyl (C=O) groups is 1. The molecule has 0 aliphatic heterocycles. The zero-order valence-corrected chi connectivity index (χ0v) is 14.3. The van der Waals surface area contributed by atoms with Gasteiger partial charge in [-0.25, -0.2) is 4.98 Å². The van der Waals surface area contributed by atoms with Crippen molar-refractivity contribution in [1.82, 2.24) is 10.3 Å². The Kier molecular flexibility index (Phi) is 5.98. The number of aliphatic hydroxyl groups excluding tert-OH is 1. The second-order valence-electron chi connectivity index (χ2n) is 6.55. The highest BCUT2D eigenvalue weighted by atomic mass is 16.5. The minimum Gasteiger partial charge on any atom is -0.484 e. The van der Waals surface area contributed by atoms with Gasteiger partial charge in [-0.3, -0.25) is 4.79 Å². The van der Waals surface area contributed by atoms with Crippen LogP contribution in [0.4, 0.5) is 0 Å². The van der Waals surface area contributed by atoms with Gasteiger partial charge in [0.2, 0.25) is 11.8 Å². The Hall–Kier alpha value is -2.34. The monoisotopic (exact) mass is 332 g/mol. The van der Waals surface area contributed by atoms with Crippen LogP contribution in [0.25, 0.3) is 0 Å². The normalized spacial score (nSPS) is 11.3. The molecule has 0 spiro atoms. The summed E-state index contributed by atoms with van der Waals surface area (Å²) < 4.78 is 11.3. The smallest absolute Gasteiger partial charge is 0.232 e. The maximum atomic E-state index is 11.6. The molecule has 0 fully saturated rings. The number of hydrogen-bond acceptors (Lipinski definition) is 5. The van der Waals surface area contributed by atoms with Gasteiger partial charge in [0.05, 0.1) is 19.2 Å². The Morgan fingerprint density at radius 1 is 1.29 bits per heavy atom. The Morgan fingerprint density at radius 3 is 2.58 bits per heavy atom. The lowest BCUT2D eigenvalue weighted by atomic mass is 9.94. The molecule has 0 bridgehead atoms. The van der Waals surface area contributed by atoms with E-state index in [9.17, 15) is 4.79 Å². The molecule has 0 saturated heterocycles. The summed E-state index contributed by atoms with van der Waals surface area (Å²) >= 11 is 0. The molecular formula is C18H24N2O4. The van der Waals surface area contributed by atoms with Gasteiger partial charge in [0.1, 0.15) is 11.5 Å². The molecule has 2 aromatic rings. The number of nitrogens with zero attached hydrogens (tertiary/aromatic N) is 1. The summed E-state index contributed by atoms with van der Waals surface area (Å²) in [5.74, 6) is 1.93. The largest absolute Gasteiger partial charge is 0.484 e. The second-order valence-corrected chi connectivity index (χ2v) is 6.55. The fourth-order valence-corrected chi connectivity index (χ4v) is 2.02. The predicted octanol–water partition coefficient (Wildman–Crippen LogP) is 2.20. The number of hydrogen-bond donors (Lipinski definition) is 2. The van der Waals surface area contributed by atoms with Crippen LogP contribution in [0.15, 0.2) is 34.9 Å². The van der Waals surface area contributed by atoms with Crippen LogP contribution in [0.1, 0.15) is 38.0 Å². The van der Waals surface area contributed by atoms with Gasteiger partial charge < -0.3 is 19.6 Å². The Morgan fingerprint density at radius 2 is 2.00 bits per heavy atom. The minimum atomic E-state index is -0.118. The quantitative estimate of drug-likeness (QED) is 0.812. The van der Waals surface area contributed by atoms with Crippen molar-refractivity contribution in [3.8, 4) is 5.75 Å². The maximum Gasteiger partial charge on any atom is 0.232 e. The number of carbonyl (C=O) groups excluding carboxylic acids is 1. The highest BCUT2D eigenvalue weighted by Crippen LogP contribution is 2.23. The molecule has 6 heteroatoms. The molecule has 0 radical (unpaired) electrons. The first-order valence-corrected chi connectivity index (χ1v) is 7.93. The molecular weight excluding hydrogens is 308 g/mol. The number of nitrogens with one attached hydrogen (secondary N) is 1. The summed E-state index contributed by atoms with van der Waals surface area (Å²) in [5, 5.41) is 11.3. The van der Waals surface area contributed by atoms with Gasteiger partial charge >= 0.3 is 0 Å². The van der Waals surface area contributed by atoms with E-state index in [1.807, 2.05) is 24.3 Å². The van der Waals surface area contributed by atoms with Gasteiger partial charge in [-0.1, -0.05) is 32.9 Å². The molecule has 1 aromatic carbocycles. The molecule has 24 heavy (non-hydrogen) atoms. The summed E-state index contributed by atoms with van der Waals surface area (Å²) in [6.45, 7) is 6.66. The van der Waals surface area contributed by atoms with Crippen molar-refractivity contribution < 1.29 is 19.1 Å². The van der Waals surface area contributed by atoms with E-state index in [0.29, 0.717) is 11.6 Å². The number of aromatic nitrogens is 1. The first-order chi connectivity index (χ1) is 11.4. The molecule has 1 heterocycles. The molecule has 0 saturated carbocycles. The topological polar surface area (TPSA) is 84.6 Å². The Labute approximate surface area is 141 Å². The summed E-state index contributed by atoms with van der Waals surface area (Å²) in [5.41, 5.74) is 0.799. The fraction of sp³-hybridized carbons (Fsp3) is 0.444. The number of rotatable bonds is 7. The van der Waals surface area contributed by atoms with Gasteiger partial charge in [0.25, 0.3) is 0 Å². The lowest BCUT2D eigenvalue weighted by Crippen LogP contribution is -2.27. The molecule has 6 nitrogen and oxygen atoms in total. The Bertz CT molecular complexity index is 656. The van der Waals surface area contributed by atoms with Crippen molar-refractivity contribution in [3.63, 3.8) is 0 Å². The molecule has 0 unspecified atom stereocenters. The highest BCUT2D eigenvalue weighted by Gasteiger charge is 2.19. The molecule has 0 aliphatic rings. The van der Waals surface area contributed by atoms with Crippen LogP contribution >= 0.6 is 0 Å². The summed E-state index contributed by atoms with van der Waals surface area (Å²) in [6.07, 6.45) is 2.00. The zero-order valence-electron chi connectivity index (χ0n) is 14.3. The Balaban J connectivity index is 1.85. The van der Waals surface area contributed by atoms with E-state index in [1.165, 1.54) is 0 Å². The van der Waals surface area contributed by atoms with Crippen LogP contribution in [0.2, 0.25) is 0 Å². The van der Waals surface area contributed by atoms with Gasteiger partial charge in [0.15, 0.2) is 6.61 Å². The van der Waals surface area contributed by atoms with Crippen LogP contribution in [-0.2, 0) is 23.2 Å². The average molecular weight is 332 g/mol. The van der Waals surface area contributed by atoms with Gasteiger partial charge in [-0.05, 0) is 17.7 Å². The lowest BCUT2D eigenvalue weighted by Gasteiger charge is -2.13. The lowest BCUT2D eigenvalue weighted by molar-refractivity contribution is -0.120. The predicted molar refractivity (Wildman–Crippen MR) is 89.8 cm³/mol. The van der Waals surface area contributed by atoms with E-state index in [4.69, 9.17) is 14.3 Å². The molecule has 0 atom stereocenters. The van der Waals surface area contributed by atoms with Crippen LogP contribution in [-0.4, -0.2) is 29.1 Å². The first kappa shape index (κ1) is 18.0. The number of ether oxygens (including phenoxy) is 1. The zero-order chi connectivity index (χ0) is 17.6. The summed E-state index contributed by atoms with van der Waals surface area (Å²) in [6, 6.07) is 7.29. The van der Waals surface area contributed by atoms with Gasteiger partial charge in [-0.2, -0.15) is 0 Å². The third-order valence-electron chi connectivity index (χ3n) is 3.38. The van der Waals surface area contributed by atoms with Crippen LogP contribution in [0, 0.1) is 0 Å².